The minimum atomic E-state index is -0.316. The number of hydrogen-bond acceptors (Lipinski definition) is 4. The largest absolute Gasteiger partial charge is 0.322 e. The molecule has 1 aromatic carbocycles. The molecule has 2 heterocycles. The van der Waals surface area contributed by atoms with Gasteiger partial charge >= 0.3 is 0 Å². The first-order valence-corrected chi connectivity index (χ1v) is 9.09. The van der Waals surface area contributed by atoms with Crippen molar-refractivity contribution in [2.75, 3.05) is 5.32 Å². The molecule has 3 aromatic rings. The molecule has 7 heteroatoms. The van der Waals surface area contributed by atoms with E-state index in [-0.39, 0.29) is 17.1 Å². The van der Waals surface area contributed by atoms with Crippen LogP contribution in [0.3, 0.4) is 0 Å². The van der Waals surface area contributed by atoms with E-state index < -0.39 is 0 Å². The van der Waals surface area contributed by atoms with E-state index in [2.05, 4.69) is 29.2 Å². The summed E-state index contributed by atoms with van der Waals surface area (Å²) in [7, 11) is 0. The zero-order valence-electron chi connectivity index (χ0n) is 15.3. The van der Waals surface area contributed by atoms with Gasteiger partial charge in [0.2, 0.25) is 0 Å². The van der Waals surface area contributed by atoms with Crippen molar-refractivity contribution in [2.45, 2.75) is 33.6 Å². The van der Waals surface area contributed by atoms with Crippen LogP contribution >= 0.6 is 11.6 Å². The maximum atomic E-state index is 12.8. The highest BCUT2D eigenvalue weighted by Crippen LogP contribution is 2.34. The Morgan fingerprint density at radius 1 is 1.26 bits per heavy atom. The Bertz CT molecular complexity index is 1100. The summed E-state index contributed by atoms with van der Waals surface area (Å²) in [6.45, 7) is 6.00. The number of carbonyl (C=O) groups excluding carboxylic acids is 2. The molecule has 0 bridgehead atoms. The molecule has 2 aromatic heterocycles. The molecule has 138 valence electrons. The summed E-state index contributed by atoms with van der Waals surface area (Å²) < 4.78 is 1.62. The lowest BCUT2D eigenvalue weighted by Gasteiger charge is -2.29. The van der Waals surface area contributed by atoms with Crippen molar-refractivity contribution in [3.8, 4) is 0 Å². The lowest BCUT2D eigenvalue weighted by molar-refractivity contribution is 0.0908. The predicted molar refractivity (Wildman–Crippen MR) is 104 cm³/mol. The first kappa shape index (κ1) is 17.7. The molecule has 1 aliphatic rings. The number of hydrogen-bond donors (Lipinski definition) is 1. The number of fused-ring (bicyclic) bond motifs is 3. The molecule has 0 aliphatic heterocycles. The second-order valence-corrected chi connectivity index (χ2v) is 8.20. The third-order valence-corrected chi connectivity index (χ3v) is 5.14. The molecule has 0 atom stereocenters. The number of carbonyl (C=O) groups is 2. The first-order chi connectivity index (χ1) is 12.7. The molecule has 0 unspecified atom stereocenters. The number of rotatable bonds is 2. The van der Waals surface area contributed by atoms with Crippen LogP contribution in [0.5, 0.6) is 0 Å². The summed E-state index contributed by atoms with van der Waals surface area (Å²) in [5.74, 6) is -0.254. The molecule has 6 nitrogen and oxygen atoms in total. The molecule has 1 N–H and O–H groups in total. The Kier molecular flexibility index (Phi) is 4.03. The van der Waals surface area contributed by atoms with Crippen molar-refractivity contribution >= 4 is 34.6 Å². The van der Waals surface area contributed by atoms with E-state index in [0.717, 1.165) is 11.3 Å². The van der Waals surface area contributed by atoms with Crippen LogP contribution in [0.4, 0.5) is 5.69 Å². The van der Waals surface area contributed by atoms with Gasteiger partial charge in [-0.1, -0.05) is 31.5 Å². The smallest absolute Gasteiger partial charge is 0.261 e. The summed E-state index contributed by atoms with van der Waals surface area (Å²) >= 11 is 6.03. The lowest BCUT2D eigenvalue weighted by atomic mass is 9.76. The Hall–Kier alpha value is -2.73. The van der Waals surface area contributed by atoms with Gasteiger partial charge in [0.1, 0.15) is 5.56 Å². The average Bonchev–Trinajstić information content (AvgIpc) is 3.02. The first-order valence-electron chi connectivity index (χ1n) is 8.71. The third kappa shape index (κ3) is 3.10. The number of aromatic nitrogens is 3. The molecule has 4 rings (SSSR count). The Labute approximate surface area is 161 Å². The summed E-state index contributed by atoms with van der Waals surface area (Å²) in [6.07, 6.45) is 4.23. The van der Waals surface area contributed by atoms with Crippen LogP contribution in [0.2, 0.25) is 5.02 Å². The van der Waals surface area contributed by atoms with Gasteiger partial charge in [-0.3, -0.25) is 9.59 Å². The Morgan fingerprint density at radius 2 is 2.04 bits per heavy atom. The third-order valence-electron chi connectivity index (χ3n) is 4.90. The van der Waals surface area contributed by atoms with Gasteiger partial charge in [-0.25, -0.2) is 9.50 Å². The minimum Gasteiger partial charge on any atom is -0.322 e. The molecule has 0 radical (unpaired) electrons. The van der Waals surface area contributed by atoms with Crippen LogP contribution in [0.15, 0.2) is 30.6 Å². The van der Waals surface area contributed by atoms with Gasteiger partial charge in [0.15, 0.2) is 11.4 Å². The van der Waals surface area contributed by atoms with Crippen LogP contribution < -0.4 is 5.32 Å². The molecule has 0 spiro atoms. The van der Waals surface area contributed by atoms with Crippen LogP contribution in [0.25, 0.3) is 5.65 Å². The Balaban J connectivity index is 1.75. The molecular formula is C20H19ClN4O2. The number of ketones is 1. The van der Waals surface area contributed by atoms with E-state index in [1.807, 2.05) is 13.0 Å². The molecular weight excluding hydrogens is 364 g/mol. The topological polar surface area (TPSA) is 76.4 Å². The van der Waals surface area contributed by atoms with E-state index in [9.17, 15) is 9.59 Å². The van der Waals surface area contributed by atoms with Crippen molar-refractivity contribution in [1.82, 2.24) is 14.6 Å². The quantitative estimate of drug-likeness (QED) is 0.723. The van der Waals surface area contributed by atoms with Crippen LogP contribution in [-0.2, 0) is 6.42 Å². The number of nitrogens with one attached hydrogen (secondary N) is 1. The van der Waals surface area contributed by atoms with Crippen LogP contribution in [-0.4, -0.2) is 26.3 Å². The fourth-order valence-electron chi connectivity index (χ4n) is 3.51. The van der Waals surface area contributed by atoms with Crippen molar-refractivity contribution in [2.24, 2.45) is 5.41 Å². The van der Waals surface area contributed by atoms with E-state index in [1.165, 1.54) is 6.20 Å². The number of halogens is 1. The summed E-state index contributed by atoms with van der Waals surface area (Å²) in [5.41, 5.74) is 3.58. The SMILES string of the molecule is Cc1ccc(Cl)cc1NC(=O)c1cnn2c3c(cnc12)C(=O)CC(C)(C)C3. The molecule has 27 heavy (non-hydrogen) atoms. The normalized spacial score (nSPS) is 15.6. The number of nitrogens with zero attached hydrogens (tertiary/aromatic N) is 3. The molecule has 1 amide bonds. The molecule has 0 saturated heterocycles. The standard InChI is InChI=1S/C20H19ClN4O2/c1-11-4-5-12(21)6-15(11)24-19(27)14-10-23-25-16-7-20(2,3)8-17(26)13(16)9-22-18(14)25/h4-6,9-10H,7-8H2,1-3H3,(H,24,27). The van der Waals surface area contributed by atoms with Gasteiger partial charge in [0, 0.05) is 23.3 Å². The maximum absolute atomic E-state index is 12.8. The van der Waals surface area contributed by atoms with E-state index in [1.54, 1.807) is 22.8 Å². The lowest BCUT2D eigenvalue weighted by Crippen LogP contribution is -2.29. The summed E-state index contributed by atoms with van der Waals surface area (Å²) in [6, 6.07) is 5.32. The monoisotopic (exact) mass is 382 g/mol. The van der Waals surface area contributed by atoms with E-state index in [4.69, 9.17) is 11.6 Å². The van der Waals surface area contributed by atoms with E-state index in [0.29, 0.717) is 40.3 Å². The predicted octanol–water partition coefficient (Wildman–Crippen LogP) is 4.10. The highest BCUT2D eigenvalue weighted by molar-refractivity contribution is 6.31. The zero-order chi connectivity index (χ0) is 19.3. The van der Waals surface area contributed by atoms with Crippen LogP contribution in [0.1, 0.15) is 52.2 Å². The van der Waals surface area contributed by atoms with Crippen molar-refractivity contribution in [3.63, 3.8) is 0 Å². The number of benzene rings is 1. The van der Waals surface area contributed by atoms with Crippen molar-refractivity contribution in [1.29, 1.82) is 0 Å². The number of amides is 1. The van der Waals surface area contributed by atoms with Crippen molar-refractivity contribution < 1.29 is 9.59 Å². The van der Waals surface area contributed by atoms with Crippen LogP contribution in [0, 0.1) is 12.3 Å². The number of aryl methyl sites for hydroxylation is 1. The second-order valence-electron chi connectivity index (χ2n) is 7.77. The molecule has 0 saturated carbocycles. The fourth-order valence-corrected chi connectivity index (χ4v) is 3.68. The van der Waals surface area contributed by atoms with Crippen molar-refractivity contribution in [3.05, 3.63) is 58.0 Å². The number of anilines is 1. The van der Waals surface area contributed by atoms with Gasteiger partial charge in [-0.05, 0) is 36.5 Å². The highest BCUT2D eigenvalue weighted by Gasteiger charge is 2.33. The molecule has 1 aliphatic carbocycles. The van der Waals surface area contributed by atoms with Gasteiger partial charge < -0.3 is 5.32 Å². The maximum Gasteiger partial charge on any atom is 0.261 e. The van der Waals surface area contributed by atoms with Gasteiger partial charge in [0.05, 0.1) is 17.5 Å². The van der Waals surface area contributed by atoms with Gasteiger partial charge in [-0.15, -0.1) is 0 Å². The minimum absolute atomic E-state index is 0.0618. The number of Topliss-reactive ketones (excluding diaryl/α,β-unsaturated/α-hetero) is 1. The van der Waals surface area contributed by atoms with Gasteiger partial charge in [0.25, 0.3) is 5.91 Å². The fraction of sp³-hybridized carbons (Fsp3) is 0.300. The van der Waals surface area contributed by atoms with E-state index >= 15 is 0 Å². The zero-order valence-corrected chi connectivity index (χ0v) is 16.1. The Morgan fingerprint density at radius 3 is 2.81 bits per heavy atom. The summed E-state index contributed by atoms with van der Waals surface area (Å²) in [5, 5.41) is 7.76. The summed E-state index contributed by atoms with van der Waals surface area (Å²) in [4.78, 5) is 29.6. The second kappa shape index (κ2) is 6.16. The highest BCUT2D eigenvalue weighted by atomic mass is 35.5. The molecule has 0 fully saturated rings. The van der Waals surface area contributed by atoms with Gasteiger partial charge in [-0.2, -0.15) is 5.10 Å². The average molecular weight is 383 g/mol.